The number of para-hydroxylation sites is 1. The summed E-state index contributed by atoms with van der Waals surface area (Å²) in [4.78, 5) is 0. The Kier molecular flexibility index (Phi) is 5.38. The lowest BCUT2D eigenvalue weighted by Gasteiger charge is -2.05. The van der Waals surface area contributed by atoms with Crippen LogP contribution in [0.15, 0.2) is 40.9 Å². The molecule has 0 aromatic heterocycles. The van der Waals surface area contributed by atoms with Crippen LogP contribution in [0.25, 0.3) is 0 Å². The summed E-state index contributed by atoms with van der Waals surface area (Å²) in [7, 11) is 0. The summed E-state index contributed by atoms with van der Waals surface area (Å²) in [5, 5.41) is 0. The highest BCUT2D eigenvalue weighted by Gasteiger charge is 1.96. The molecule has 0 atom stereocenters. The minimum absolute atomic E-state index is 0.735. The van der Waals surface area contributed by atoms with Crippen molar-refractivity contribution in [3.05, 3.63) is 40.9 Å². The second kappa shape index (κ2) is 6.66. The van der Waals surface area contributed by atoms with Crippen molar-refractivity contribution < 1.29 is 4.74 Å². The molecule has 1 aromatic carbocycles. The largest absolute Gasteiger partial charge is 0.492 e. The average molecular weight is 255 g/mol. The minimum Gasteiger partial charge on any atom is -0.492 e. The van der Waals surface area contributed by atoms with E-state index in [9.17, 15) is 0 Å². The molecule has 0 saturated carbocycles. The quantitative estimate of drug-likeness (QED) is 0.566. The van der Waals surface area contributed by atoms with Gasteiger partial charge in [0.15, 0.2) is 0 Å². The van der Waals surface area contributed by atoms with E-state index in [1.807, 2.05) is 24.3 Å². The third kappa shape index (κ3) is 3.97. The second-order valence-corrected chi connectivity index (χ2v) is 3.80. The monoisotopic (exact) mass is 254 g/mol. The zero-order chi connectivity index (χ0) is 10.2. The van der Waals surface area contributed by atoms with Gasteiger partial charge in [-0.1, -0.05) is 31.2 Å². The Hall–Kier alpha value is -0.760. The summed E-state index contributed by atoms with van der Waals surface area (Å²) in [6, 6.07) is 7.90. The van der Waals surface area contributed by atoms with E-state index >= 15 is 0 Å². The van der Waals surface area contributed by atoms with E-state index in [-0.39, 0.29) is 0 Å². The molecule has 2 heteroatoms. The molecule has 0 unspecified atom stereocenters. The number of halogens is 1. The van der Waals surface area contributed by atoms with E-state index in [1.54, 1.807) is 0 Å². The van der Waals surface area contributed by atoms with Crippen LogP contribution in [0.1, 0.15) is 19.8 Å². The Morgan fingerprint density at radius 1 is 1.29 bits per heavy atom. The number of allylic oxidation sites excluding steroid dienone is 1. The number of benzene rings is 1. The van der Waals surface area contributed by atoms with E-state index in [2.05, 4.69) is 35.0 Å². The molecule has 0 radical (unpaired) electrons. The van der Waals surface area contributed by atoms with Crippen LogP contribution in [0.2, 0.25) is 0 Å². The third-order valence-corrected chi connectivity index (χ3v) is 2.44. The predicted molar refractivity (Wildman–Crippen MR) is 63.7 cm³/mol. The van der Waals surface area contributed by atoms with Gasteiger partial charge in [0.1, 0.15) is 5.75 Å². The zero-order valence-corrected chi connectivity index (χ0v) is 9.96. The normalized spacial score (nSPS) is 10.7. The van der Waals surface area contributed by atoms with Crippen molar-refractivity contribution in [3.63, 3.8) is 0 Å². The highest BCUT2D eigenvalue weighted by Crippen LogP contribution is 2.23. The van der Waals surface area contributed by atoms with Crippen molar-refractivity contribution >= 4 is 15.9 Å². The molecule has 1 nitrogen and oxygen atoms in total. The highest BCUT2D eigenvalue weighted by atomic mass is 79.9. The maximum atomic E-state index is 5.59. The Morgan fingerprint density at radius 2 is 2.07 bits per heavy atom. The van der Waals surface area contributed by atoms with E-state index in [0.29, 0.717) is 0 Å². The summed E-state index contributed by atoms with van der Waals surface area (Å²) in [6.45, 7) is 2.87. The number of rotatable bonds is 5. The minimum atomic E-state index is 0.735. The van der Waals surface area contributed by atoms with Crippen LogP contribution < -0.4 is 4.74 Å². The van der Waals surface area contributed by atoms with E-state index < -0.39 is 0 Å². The molecule has 1 aromatic rings. The van der Waals surface area contributed by atoms with Crippen LogP contribution in [0.3, 0.4) is 0 Å². The Balaban J connectivity index is 2.31. The highest BCUT2D eigenvalue weighted by molar-refractivity contribution is 9.10. The zero-order valence-electron chi connectivity index (χ0n) is 8.37. The summed E-state index contributed by atoms with van der Waals surface area (Å²) in [6.07, 6.45) is 6.37. The van der Waals surface area contributed by atoms with Crippen molar-refractivity contribution in [3.8, 4) is 5.75 Å². The molecule has 76 valence electrons. The van der Waals surface area contributed by atoms with Crippen LogP contribution in [-0.4, -0.2) is 6.61 Å². The molecule has 0 aliphatic heterocycles. The topological polar surface area (TPSA) is 9.23 Å². The first-order chi connectivity index (χ1) is 6.84. The molecule has 0 saturated heterocycles. The third-order valence-electron chi connectivity index (χ3n) is 1.78. The molecule has 1 rings (SSSR count). The van der Waals surface area contributed by atoms with E-state index in [0.717, 1.165) is 29.7 Å². The SMILES string of the molecule is CC/C=C\CCOc1ccccc1Br. The lowest BCUT2D eigenvalue weighted by Crippen LogP contribution is -1.95. The molecule has 0 bridgehead atoms. The number of hydrogen-bond acceptors (Lipinski definition) is 1. The smallest absolute Gasteiger partial charge is 0.133 e. The van der Waals surface area contributed by atoms with E-state index in [4.69, 9.17) is 4.74 Å². The van der Waals surface area contributed by atoms with Gasteiger partial charge in [0.25, 0.3) is 0 Å². The molecule has 14 heavy (non-hydrogen) atoms. The van der Waals surface area contributed by atoms with Crippen molar-refractivity contribution in [2.24, 2.45) is 0 Å². The van der Waals surface area contributed by atoms with Gasteiger partial charge in [-0.2, -0.15) is 0 Å². The summed E-state index contributed by atoms with van der Waals surface area (Å²) in [5.74, 6) is 0.914. The fourth-order valence-electron chi connectivity index (χ4n) is 1.08. The number of hydrogen-bond donors (Lipinski definition) is 0. The van der Waals surface area contributed by atoms with Gasteiger partial charge in [-0.15, -0.1) is 0 Å². The van der Waals surface area contributed by atoms with Gasteiger partial charge in [-0.3, -0.25) is 0 Å². The molecule has 0 amide bonds. The van der Waals surface area contributed by atoms with Crippen LogP contribution in [-0.2, 0) is 0 Å². The van der Waals surface area contributed by atoms with Gasteiger partial charge in [-0.25, -0.2) is 0 Å². The lowest BCUT2D eigenvalue weighted by atomic mass is 10.3. The maximum absolute atomic E-state index is 5.59. The molecular formula is C12H15BrO. The summed E-state index contributed by atoms with van der Waals surface area (Å²) in [5.41, 5.74) is 0. The Morgan fingerprint density at radius 3 is 2.79 bits per heavy atom. The maximum Gasteiger partial charge on any atom is 0.133 e. The van der Waals surface area contributed by atoms with Crippen LogP contribution >= 0.6 is 15.9 Å². The predicted octanol–water partition coefficient (Wildman–Crippen LogP) is 4.18. The van der Waals surface area contributed by atoms with Crippen molar-refractivity contribution in [1.29, 1.82) is 0 Å². The fourth-order valence-corrected chi connectivity index (χ4v) is 1.48. The van der Waals surface area contributed by atoms with Crippen LogP contribution in [0, 0.1) is 0 Å². The second-order valence-electron chi connectivity index (χ2n) is 2.95. The molecule has 0 N–H and O–H groups in total. The lowest BCUT2D eigenvalue weighted by molar-refractivity contribution is 0.323. The van der Waals surface area contributed by atoms with E-state index in [1.165, 1.54) is 0 Å². The van der Waals surface area contributed by atoms with Gasteiger partial charge >= 0.3 is 0 Å². The van der Waals surface area contributed by atoms with Gasteiger partial charge in [-0.05, 0) is 40.9 Å². The van der Waals surface area contributed by atoms with Gasteiger partial charge < -0.3 is 4.74 Å². The number of ether oxygens (including phenoxy) is 1. The van der Waals surface area contributed by atoms with Crippen LogP contribution in [0.4, 0.5) is 0 Å². The van der Waals surface area contributed by atoms with Gasteiger partial charge in [0.2, 0.25) is 0 Å². The first-order valence-corrected chi connectivity index (χ1v) is 5.66. The molecule has 0 fully saturated rings. The van der Waals surface area contributed by atoms with Gasteiger partial charge in [0, 0.05) is 0 Å². The first-order valence-electron chi connectivity index (χ1n) is 4.87. The fraction of sp³-hybridized carbons (Fsp3) is 0.333. The average Bonchev–Trinajstić information content (AvgIpc) is 2.20. The summed E-state index contributed by atoms with van der Waals surface area (Å²) >= 11 is 3.44. The summed E-state index contributed by atoms with van der Waals surface area (Å²) < 4.78 is 6.60. The standard InChI is InChI=1S/C12H15BrO/c1-2-3-4-7-10-14-12-9-6-5-8-11(12)13/h3-6,8-9H,2,7,10H2,1H3/b4-3-. The molecule has 0 aliphatic rings. The van der Waals surface area contributed by atoms with Crippen molar-refractivity contribution in [2.45, 2.75) is 19.8 Å². The Bertz CT molecular complexity index is 294. The molecule has 0 aliphatic carbocycles. The molecule has 0 spiro atoms. The van der Waals surface area contributed by atoms with Crippen molar-refractivity contribution in [2.75, 3.05) is 6.61 Å². The molecular weight excluding hydrogens is 240 g/mol. The first kappa shape index (κ1) is 11.3. The van der Waals surface area contributed by atoms with Gasteiger partial charge in [0.05, 0.1) is 11.1 Å². The van der Waals surface area contributed by atoms with Crippen LogP contribution in [0.5, 0.6) is 5.75 Å². The van der Waals surface area contributed by atoms with Crippen molar-refractivity contribution in [1.82, 2.24) is 0 Å². The Labute approximate surface area is 93.9 Å². The molecule has 0 heterocycles.